The van der Waals surface area contributed by atoms with Crippen LogP contribution in [0.3, 0.4) is 0 Å². The number of nitrogens with one attached hydrogen (secondary N) is 1. The van der Waals surface area contributed by atoms with Crippen molar-refractivity contribution in [3.8, 4) is 5.75 Å². The van der Waals surface area contributed by atoms with Gasteiger partial charge in [-0.15, -0.1) is 0 Å². The summed E-state index contributed by atoms with van der Waals surface area (Å²) in [5.74, 6) is -0.541. The Kier molecular flexibility index (Phi) is 11.2. The predicted octanol–water partition coefficient (Wildman–Crippen LogP) is 5.57. The van der Waals surface area contributed by atoms with Gasteiger partial charge in [0.25, 0.3) is 10.0 Å². The Labute approximate surface area is 248 Å². The fourth-order valence-corrected chi connectivity index (χ4v) is 5.76. The van der Waals surface area contributed by atoms with E-state index >= 15 is 0 Å². The van der Waals surface area contributed by atoms with Gasteiger partial charge in [-0.25, -0.2) is 8.42 Å². The summed E-state index contributed by atoms with van der Waals surface area (Å²) in [6.45, 7) is 9.10. The lowest BCUT2D eigenvalue weighted by molar-refractivity contribution is -0.139. The number of aryl methyl sites for hydroxylation is 1. The number of amides is 2. The second-order valence-corrected chi connectivity index (χ2v) is 12.1. The molecule has 0 bridgehead atoms. The van der Waals surface area contributed by atoms with Crippen LogP contribution < -0.4 is 14.4 Å². The van der Waals surface area contributed by atoms with E-state index in [2.05, 4.69) is 5.32 Å². The molecule has 1 N–H and O–H groups in total. The van der Waals surface area contributed by atoms with Crippen molar-refractivity contribution in [1.29, 1.82) is 0 Å². The van der Waals surface area contributed by atoms with Crippen molar-refractivity contribution in [3.63, 3.8) is 0 Å². The standard InChI is InChI=1S/C31H38ClN3O5S/c1-6-23(4)33-31(37)24(5)34(20-25-13-9-8-12-22(25)3)30(36)21-35(28-14-10-11-15-29(28)40-7-2)41(38,39)27-18-16-26(32)17-19-27/h8-19,23-24H,6-7,20-21H2,1-5H3,(H,33,37)/t23-,24+/m0/s1. The number of carbonyl (C=O) groups excluding carboxylic acids is 2. The van der Waals surface area contributed by atoms with Crippen LogP contribution >= 0.6 is 11.6 Å². The normalized spacial score (nSPS) is 12.7. The zero-order valence-corrected chi connectivity index (χ0v) is 25.7. The first kappa shape index (κ1) is 32.0. The van der Waals surface area contributed by atoms with Gasteiger partial charge in [0.05, 0.1) is 17.2 Å². The smallest absolute Gasteiger partial charge is 0.264 e. The van der Waals surface area contributed by atoms with Gasteiger partial charge in [-0.2, -0.15) is 0 Å². The molecule has 0 fully saturated rings. The van der Waals surface area contributed by atoms with Crippen molar-refractivity contribution in [2.45, 2.75) is 64.6 Å². The third kappa shape index (κ3) is 8.01. The molecule has 0 aliphatic rings. The number of hydrogen-bond donors (Lipinski definition) is 1. The Morgan fingerprint density at radius 3 is 2.22 bits per heavy atom. The van der Waals surface area contributed by atoms with Crippen molar-refractivity contribution >= 4 is 39.1 Å². The van der Waals surface area contributed by atoms with Crippen LogP contribution in [0.2, 0.25) is 5.02 Å². The zero-order chi connectivity index (χ0) is 30.2. The van der Waals surface area contributed by atoms with Gasteiger partial charge >= 0.3 is 0 Å². The van der Waals surface area contributed by atoms with Crippen molar-refractivity contribution in [1.82, 2.24) is 10.2 Å². The highest BCUT2D eigenvalue weighted by molar-refractivity contribution is 7.92. The van der Waals surface area contributed by atoms with E-state index < -0.39 is 28.5 Å². The molecule has 3 aromatic carbocycles. The lowest BCUT2D eigenvalue weighted by atomic mass is 10.1. The quantitative estimate of drug-likeness (QED) is 0.277. The molecule has 0 saturated carbocycles. The number of ether oxygens (including phenoxy) is 1. The highest BCUT2D eigenvalue weighted by Crippen LogP contribution is 2.33. The molecule has 0 unspecified atom stereocenters. The molecule has 0 aliphatic heterocycles. The Morgan fingerprint density at radius 2 is 1.59 bits per heavy atom. The van der Waals surface area contributed by atoms with Gasteiger partial charge in [0.2, 0.25) is 11.8 Å². The van der Waals surface area contributed by atoms with Gasteiger partial charge in [0, 0.05) is 17.6 Å². The molecule has 2 amide bonds. The number of benzene rings is 3. The molecule has 3 rings (SSSR count). The van der Waals surface area contributed by atoms with Gasteiger partial charge in [0.1, 0.15) is 18.3 Å². The number of rotatable bonds is 13. The van der Waals surface area contributed by atoms with E-state index in [4.69, 9.17) is 16.3 Å². The average molecular weight is 600 g/mol. The summed E-state index contributed by atoms with van der Waals surface area (Å²) in [7, 11) is -4.24. The minimum atomic E-state index is -4.24. The Hall–Kier alpha value is -3.56. The molecular weight excluding hydrogens is 562 g/mol. The predicted molar refractivity (Wildman–Crippen MR) is 163 cm³/mol. The van der Waals surface area contributed by atoms with E-state index in [-0.39, 0.29) is 29.1 Å². The number of para-hydroxylation sites is 2. The molecule has 0 spiro atoms. The molecule has 0 saturated heterocycles. The Morgan fingerprint density at radius 1 is 0.951 bits per heavy atom. The van der Waals surface area contributed by atoms with Crippen molar-refractivity contribution in [2.24, 2.45) is 0 Å². The van der Waals surface area contributed by atoms with E-state index in [1.165, 1.54) is 29.2 Å². The fraction of sp³-hybridized carbons (Fsp3) is 0.355. The summed E-state index contributed by atoms with van der Waals surface area (Å²) >= 11 is 6.02. The molecule has 0 aliphatic carbocycles. The number of halogens is 1. The van der Waals surface area contributed by atoms with Crippen molar-refractivity contribution in [3.05, 3.63) is 88.9 Å². The van der Waals surface area contributed by atoms with Crippen LogP contribution in [0.25, 0.3) is 0 Å². The van der Waals surface area contributed by atoms with Crippen LogP contribution in [0.4, 0.5) is 5.69 Å². The van der Waals surface area contributed by atoms with E-state index in [0.717, 1.165) is 21.9 Å². The Balaban J connectivity index is 2.09. The molecule has 0 aromatic heterocycles. The molecule has 10 heteroatoms. The first-order valence-corrected chi connectivity index (χ1v) is 15.5. The fourth-order valence-electron chi connectivity index (χ4n) is 4.21. The zero-order valence-electron chi connectivity index (χ0n) is 24.1. The van der Waals surface area contributed by atoms with E-state index in [1.54, 1.807) is 38.1 Å². The molecule has 0 radical (unpaired) electrons. The minimum absolute atomic E-state index is 0.0333. The van der Waals surface area contributed by atoms with E-state index in [9.17, 15) is 18.0 Å². The van der Waals surface area contributed by atoms with Crippen LogP contribution in [0.15, 0.2) is 77.7 Å². The maximum absolute atomic E-state index is 14.1. The van der Waals surface area contributed by atoms with Gasteiger partial charge in [0.15, 0.2) is 0 Å². The third-order valence-electron chi connectivity index (χ3n) is 6.88. The third-order valence-corrected chi connectivity index (χ3v) is 8.91. The molecule has 8 nitrogen and oxygen atoms in total. The first-order chi connectivity index (χ1) is 19.5. The van der Waals surface area contributed by atoms with Crippen LogP contribution in [-0.4, -0.2) is 50.4 Å². The molecule has 220 valence electrons. The van der Waals surface area contributed by atoms with Crippen LogP contribution in [0.1, 0.15) is 45.2 Å². The van der Waals surface area contributed by atoms with Crippen LogP contribution in [0.5, 0.6) is 5.75 Å². The average Bonchev–Trinajstić information content (AvgIpc) is 2.95. The highest BCUT2D eigenvalue weighted by atomic mass is 35.5. The number of hydrogen-bond acceptors (Lipinski definition) is 5. The minimum Gasteiger partial charge on any atom is -0.492 e. The van der Waals surface area contributed by atoms with Gasteiger partial charge < -0.3 is 15.0 Å². The van der Waals surface area contributed by atoms with Crippen LogP contribution in [0, 0.1) is 6.92 Å². The first-order valence-electron chi connectivity index (χ1n) is 13.6. The maximum Gasteiger partial charge on any atom is 0.264 e. The molecule has 2 atom stereocenters. The number of anilines is 1. The largest absolute Gasteiger partial charge is 0.492 e. The number of sulfonamides is 1. The molecule has 0 heterocycles. The summed E-state index contributed by atoms with van der Waals surface area (Å²) in [5.41, 5.74) is 2.02. The monoisotopic (exact) mass is 599 g/mol. The van der Waals surface area contributed by atoms with Gasteiger partial charge in [-0.1, -0.05) is 54.9 Å². The van der Waals surface area contributed by atoms with Gasteiger partial charge in [-0.3, -0.25) is 13.9 Å². The number of carbonyl (C=O) groups is 2. The van der Waals surface area contributed by atoms with Crippen molar-refractivity contribution < 1.29 is 22.7 Å². The summed E-state index contributed by atoms with van der Waals surface area (Å²) in [6.07, 6.45) is 0.728. The SMILES string of the molecule is CCOc1ccccc1N(CC(=O)N(Cc1ccccc1C)[C@H](C)C(=O)N[C@@H](C)CC)S(=O)(=O)c1ccc(Cl)cc1. The van der Waals surface area contributed by atoms with Crippen LogP contribution in [-0.2, 0) is 26.2 Å². The second-order valence-electron chi connectivity index (χ2n) is 9.81. The lowest BCUT2D eigenvalue weighted by Crippen LogP contribution is -2.52. The van der Waals surface area contributed by atoms with E-state index in [1.807, 2.05) is 45.0 Å². The lowest BCUT2D eigenvalue weighted by Gasteiger charge is -2.33. The van der Waals surface area contributed by atoms with Crippen molar-refractivity contribution in [2.75, 3.05) is 17.5 Å². The van der Waals surface area contributed by atoms with E-state index in [0.29, 0.717) is 17.4 Å². The summed E-state index contributed by atoms with van der Waals surface area (Å²) < 4.78 is 34.9. The second kappa shape index (κ2) is 14.4. The summed E-state index contributed by atoms with van der Waals surface area (Å²) in [6, 6.07) is 19.0. The molecular formula is C31H38ClN3O5S. The molecule has 41 heavy (non-hydrogen) atoms. The number of nitrogens with zero attached hydrogens (tertiary/aromatic N) is 2. The topological polar surface area (TPSA) is 96.0 Å². The maximum atomic E-state index is 14.1. The highest BCUT2D eigenvalue weighted by Gasteiger charge is 2.34. The summed E-state index contributed by atoms with van der Waals surface area (Å²) in [5, 5.41) is 3.32. The summed E-state index contributed by atoms with van der Waals surface area (Å²) in [4.78, 5) is 28.7. The molecule has 3 aromatic rings. The van der Waals surface area contributed by atoms with Gasteiger partial charge in [-0.05, 0) is 81.6 Å². The Bertz CT molecular complexity index is 1450.